The Bertz CT molecular complexity index is 3460. The number of pyridine rings is 2. The molecule has 25 nitrogen and oxygen atoms in total. The highest BCUT2D eigenvalue weighted by atomic mass is 19.1. The summed E-state index contributed by atoms with van der Waals surface area (Å²) >= 11 is 0. The van der Waals surface area contributed by atoms with Gasteiger partial charge in [-0.3, -0.25) is 19.2 Å². The van der Waals surface area contributed by atoms with Gasteiger partial charge in [-0.05, 0) is 61.4 Å². The fraction of sp³-hybridized carbons (Fsp3) is 0.250. The quantitative estimate of drug-likeness (QED) is 0.0379. The molecule has 2 aromatic heterocycles. The lowest BCUT2D eigenvalue weighted by Crippen LogP contribution is -2.53. The number of rotatable bonds is 11. The molecule has 0 radical (unpaired) electrons. The minimum absolute atomic E-state index is 0.0299. The van der Waals surface area contributed by atoms with Gasteiger partial charge in [0.15, 0.2) is 70.6 Å². The monoisotopic (exact) mass is 1080 g/mol. The molecule has 3 unspecified atom stereocenters. The van der Waals surface area contributed by atoms with E-state index in [4.69, 9.17) is 14.2 Å². The lowest BCUT2D eigenvalue weighted by molar-refractivity contribution is -0.595. The number of aromatic hydroxyl groups is 6. The molecule has 9 rings (SSSR count). The Morgan fingerprint density at radius 2 is 1.12 bits per heavy atom. The van der Waals surface area contributed by atoms with Crippen LogP contribution in [0.25, 0.3) is 16.6 Å². The van der Waals surface area contributed by atoms with Crippen molar-refractivity contribution in [1.29, 1.82) is 0 Å². The van der Waals surface area contributed by atoms with Crippen molar-refractivity contribution in [3.63, 3.8) is 0 Å². The second kappa shape index (κ2) is 21.6. The van der Waals surface area contributed by atoms with Gasteiger partial charge in [-0.25, -0.2) is 23.6 Å². The predicted molar refractivity (Wildman–Crippen MR) is 265 cm³/mol. The third-order valence-corrected chi connectivity index (χ3v) is 13.1. The highest BCUT2D eigenvalue weighted by Gasteiger charge is 2.37. The van der Waals surface area contributed by atoms with Crippen LogP contribution in [0.5, 0.6) is 34.5 Å². The molecule has 78 heavy (non-hydrogen) atoms. The van der Waals surface area contributed by atoms with Crippen LogP contribution in [0.2, 0.25) is 0 Å². The molecule has 1 saturated carbocycles. The largest absolute Gasteiger partial charge is 0.504 e. The Morgan fingerprint density at radius 3 is 1.64 bits per heavy atom. The van der Waals surface area contributed by atoms with Gasteiger partial charge in [-0.15, -0.1) is 0 Å². The first-order valence-corrected chi connectivity index (χ1v) is 23.9. The average molecular weight is 1080 g/mol. The highest BCUT2D eigenvalue weighted by molar-refractivity contribution is 6.03. The number of para-hydroxylation sites is 2. The maximum atomic E-state index is 15.8. The maximum absolute atomic E-state index is 15.8. The van der Waals surface area contributed by atoms with E-state index in [2.05, 4.69) is 16.0 Å². The Kier molecular flexibility index (Phi) is 14.6. The van der Waals surface area contributed by atoms with Crippen LogP contribution in [-0.4, -0.2) is 146 Å². The van der Waals surface area contributed by atoms with Crippen molar-refractivity contribution < 1.29 is 92.5 Å². The number of anilines is 2. The number of phenols is 6. The van der Waals surface area contributed by atoms with Gasteiger partial charge in [0.2, 0.25) is 11.1 Å². The van der Waals surface area contributed by atoms with Crippen LogP contribution in [0.3, 0.4) is 0 Å². The molecule has 26 heteroatoms. The van der Waals surface area contributed by atoms with E-state index in [-0.39, 0.29) is 35.9 Å². The number of aromatic nitrogens is 2. The molecule has 2 aliphatic heterocycles. The first-order valence-electron chi connectivity index (χ1n) is 23.9. The minimum atomic E-state index is -2.01. The van der Waals surface area contributed by atoms with Gasteiger partial charge in [0.25, 0.3) is 17.7 Å². The molecule has 6 aromatic rings. The topological polar surface area (TPSA) is 357 Å². The van der Waals surface area contributed by atoms with Gasteiger partial charge in [0.05, 0.1) is 22.3 Å². The SMILES string of the molecule is O=C(NC1COC(=O)C(NC(=O)c2cccc(O)c2O)COC(=O)C(NC(=O)c2c(-[n+]3cccc(N4CCN(c5cc6c(cc5F)c(=O)c(C(=O)O)cn6C5CC5)CC4)c3)ccc(O)c2O)COC1=O)c1cccc(O)c1O. The summed E-state index contributed by atoms with van der Waals surface area (Å²) in [6, 6.07) is 9.13. The third-order valence-electron chi connectivity index (χ3n) is 13.1. The summed E-state index contributed by atoms with van der Waals surface area (Å²) in [6.45, 7) is -1.88. The number of amides is 3. The number of carboxylic acids is 1. The van der Waals surface area contributed by atoms with Crippen molar-refractivity contribution in [3.8, 4) is 40.2 Å². The number of fused-ring (bicyclic) bond motifs is 1. The van der Waals surface area contributed by atoms with E-state index in [9.17, 15) is 74.1 Å². The maximum Gasteiger partial charge on any atom is 0.341 e. The Balaban J connectivity index is 0.956. The van der Waals surface area contributed by atoms with Crippen LogP contribution >= 0.6 is 0 Å². The lowest BCUT2D eigenvalue weighted by Gasteiger charge is -2.37. The number of carboxylic acid groups (broad SMARTS) is 1. The number of piperazine rings is 1. The van der Waals surface area contributed by atoms with E-state index < -0.39 is 148 Å². The molecule has 0 spiro atoms. The molecule has 404 valence electrons. The van der Waals surface area contributed by atoms with Crippen LogP contribution in [0, 0.1) is 5.82 Å². The normalized spacial score (nSPS) is 18.1. The standard InChI is InChI=1S/C52H46FN7O18/c53-31-18-29-36(60(25-9-10-25)21-30(42(29)64)49(71)72)19-37(31)58-16-14-57(15-17-58)26-4-3-13-59(20-26)35-11-12-40(63)45(67)41(35)48(70)56-34-24-78-51(74)32(54-46(68)27-5-1-7-38(61)43(27)65)22-76-50(73)33(23-77-52(34)75)55-47(69)28-6-2-8-39(62)44(28)66/h1-8,11-13,18-21,25,32-34H,9-10,14-17,22-24H2,(H9-,54,55,56,61,62,63,65,66,67,68,69,70,71,72)/p+1. The fourth-order valence-corrected chi connectivity index (χ4v) is 8.86. The van der Waals surface area contributed by atoms with Crippen molar-refractivity contribution in [2.75, 3.05) is 55.8 Å². The number of cyclic esters (lactones) is 3. The predicted octanol–water partition coefficient (Wildman–Crippen LogP) is 1.35. The highest BCUT2D eigenvalue weighted by Crippen LogP contribution is 2.39. The second-order valence-corrected chi connectivity index (χ2v) is 18.2. The van der Waals surface area contributed by atoms with Crippen LogP contribution in [-0.2, 0) is 28.6 Å². The first kappa shape index (κ1) is 52.7. The van der Waals surface area contributed by atoms with E-state index >= 15 is 4.39 Å². The zero-order chi connectivity index (χ0) is 55.7. The zero-order valence-electron chi connectivity index (χ0n) is 40.6. The number of hydrogen-bond acceptors (Lipinski definition) is 19. The summed E-state index contributed by atoms with van der Waals surface area (Å²) in [5.41, 5.74) is -1.77. The van der Waals surface area contributed by atoms with Gasteiger partial charge in [0.1, 0.15) is 36.9 Å². The Morgan fingerprint density at radius 1 is 0.603 bits per heavy atom. The first-order chi connectivity index (χ1) is 37.3. The summed E-state index contributed by atoms with van der Waals surface area (Å²) in [6.07, 6.45) is 5.93. The number of esters is 3. The molecule has 0 bridgehead atoms. The van der Waals surface area contributed by atoms with E-state index in [1.165, 1.54) is 35.2 Å². The smallest absolute Gasteiger partial charge is 0.341 e. The Hall–Kier alpha value is -10.1. The molecular weight excluding hydrogens is 1030 g/mol. The zero-order valence-corrected chi connectivity index (χ0v) is 40.6. The molecule has 10 N–H and O–H groups in total. The number of carbonyl (C=O) groups is 7. The van der Waals surface area contributed by atoms with Crippen LogP contribution in [0.1, 0.15) is 60.3 Å². The van der Waals surface area contributed by atoms with Crippen LogP contribution in [0.4, 0.5) is 15.8 Å². The van der Waals surface area contributed by atoms with E-state index in [1.807, 2.05) is 4.90 Å². The molecular formula is C52H47FN7O18+. The number of halogens is 1. The molecule has 3 atom stereocenters. The molecule has 1 aliphatic carbocycles. The van der Waals surface area contributed by atoms with Crippen molar-refractivity contribution in [2.24, 2.45) is 0 Å². The average Bonchev–Trinajstić information content (AvgIpc) is 4.40. The molecule has 3 fully saturated rings. The number of aromatic carboxylic acids is 1. The van der Waals surface area contributed by atoms with Gasteiger partial charge in [-0.1, -0.05) is 12.1 Å². The van der Waals surface area contributed by atoms with Gasteiger partial charge in [0, 0.05) is 55.9 Å². The number of phenolic OH excluding ortho intramolecular Hbond substituents is 6. The number of nitrogens with zero attached hydrogens (tertiary/aromatic N) is 4. The van der Waals surface area contributed by atoms with Gasteiger partial charge in [-0.2, -0.15) is 4.57 Å². The minimum Gasteiger partial charge on any atom is -0.504 e. The molecule has 2 saturated heterocycles. The molecule has 3 amide bonds. The second-order valence-electron chi connectivity index (χ2n) is 18.2. The van der Waals surface area contributed by atoms with Crippen molar-refractivity contribution >= 4 is 63.9 Å². The van der Waals surface area contributed by atoms with Crippen molar-refractivity contribution in [3.05, 3.63) is 130 Å². The van der Waals surface area contributed by atoms with Crippen LogP contribution in [0.15, 0.2) is 96.2 Å². The number of benzene rings is 4. The van der Waals surface area contributed by atoms with E-state index in [0.717, 1.165) is 49.2 Å². The fourth-order valence-electron chi connectivity index (χ4n) is 8.86. The number of nitrogens with one attached hydrogen (secondary N) is 3. The molecule has 4 heterocycles. The summed E-state index contributed by atoms with van der Waals surface area (Å²) in [5.74, 6) is -14.8. The lowest BCUT2D eigenvalue weighted by atomic mass is 10.1. The van der Waals surface area contributed by atoms with Crippen molar-refractivity contribution in [2.45, 2.75) is 37.0 Å². The van der Waals surface area contributed by atoms with Crippen LogP contribution < -0.4 is 35.7 Å². The van der Waals surface area contributed by atoms with Gasteiger partial charge < -0.3 is 80.3 Å². The molecule has 3 aliphatic rings. The number of hydrogen-bond donors (Lipinski definition) is 10. The summed E-state index contributed by atoms with van der Waals surface area (Å²) < 4.78 is 34.8. The van der Waals surface area contributed by atoms with E-state index in [0.29, 0.717) is 24.3 Å². The third kappa shape index (κ3) is 10.7. The molecule has 4 aromatic carbocycles. The number of ether oxygens (including phenoxy) is 3. The van der Waals surface area contributed by atoms with E-state index in [1.54, 1.807) is 33.9 Å². The summed E-state index contributed by atoms with van der Waals surface area (Å²) in [4.78, 5) is 111. The Labute approximate surface area is 438 Å². The van der Waals surface area contributed by atoms with Gasteiger partial charge >= 0.3 is 23.9 Å². The summed E-state index contributed by atoms with van der Waals surface area (Å²) in [7, 11) is 0. The number of carbonyl (C=O) groups excluding carboxylic acids is 6. The summed E-state index contributed by atoms with van der Waals surface area (Å²) in [5, 5.41) is 78.8. The van der Waals surface area contributed by atoms with Crippen molar-refractivity contribution in [1.82, 2.24) is 20.5 Å².